The second-order valence-corrected chi connectivity index (χ2v) is 4.33. The van der Waals surface area contributed by atoms with Crippen molar-refractivity contribution in [1.82, 2.24) is 10.6 Å². The molecule has 0 rings (SSSR count). The highest BCUT2D eigenvalue weighted by atomic mass is 16.5. The monoisotopic (exact) mass is 272 g/mol. The first-order chi connectivity index (χ1) is 8.86. The van der Waals surface area contributed by atoms with E-state index < -0.39 is 30.6 Å². The molecule has 7 nitrogen and oxygen atoms in total. The molecule has 2 amide bonds. The molecule has 0 aliphatic rings. The summed E-state index contributed by atoms with van der Waals surface area (Å²) in [7, 11) is 0. The zero-order valence-electron chi connectivity index (χ0n) is 11.1. The molecule has 19 heavy (non-hydrogen) atoms. The number of ether oxygens (including phenoxy) is 1. The van der Waals surface area contributed by atoms with Crippen LogP contribution in [-0.2, 0) is 14.3 Å². The van der Waals surface area contributed by atoms with Crippen molar-refractivity contribution in [1.29, 1.82) is 0 Å². The molecule has 0 saturated carbocycles. The van der Waals surface area contributed by atoms with Crippen LogP contribution in [-0.4, -0.2) is 42.3 Å². The van der Waals surface area contributed by atoms with E-state index in [-0.39, 0.29) is 12.5 Å². The largest absolute Gasteiger partial charge is 0.480 e. The van der Waals surface area contributed by atoms with E-state index in [2.05, 4.69) is 17.2 Å². The Hall–Kier alpha value is -2.05. The third kappa shape index (κ3) is 8.64. The number of alkyl carbamates (subject to hydrolysis) is 1. The summed E-state index contributed by atoms with van der Waals surface area (Å²) in [5, 5.41) is 13.1. The van der Waals surface area contributed by atoms with Crippen molar-refractivity contribution < 1.29 is 24.2 Å². The highest BCUT2D eigenvalue weighted by Crippen LogP contribution is 2.05. The van der Waals surface area contributed by atoms with Crippen LogP contribution in [0.5, 0.6) is 0 Å². The normalized spacial score (nSPS) is 11.5. The predicted molar refractivity (Wildman–Crippen MR) is 68.6 cm³/mol. The number of hydrogen-bond donors (Lipinski definition) is 3. The summed E-state index contributed by atoms with van der Waals surface area (Å²) >= 11 is 0. The molecule has 0 heterocycles. The molecular weight excluding hydrogens is 252 g/mol. The minimum Gasteiger partial charge on any atom is -0.480 e. The van der Waals surface area contributed by atoms with Crippen LogP contribution in [0.1, 0.15) is 20.3 Å². The second kappa shape index (κ2) is 8.96. The fraction of sp³-hybridized carbons (Fsp3) is 0.583. The van der Waals surface area contributed by atoms with Crippen molar-refractivity contribution >= 4 is 18.0 Å². The Morgan fingerprint density at radius 2 is 2.00 bits per heavy atom. The SMILES string of the molecule is C=CCOC(=O)N[C@@H](CC(C)C)C(=O)NCC(=O)O. The molecule has 0 aromatic rings. The molecule has 7 heteroatoms. The number of carbonyl (C=O) groups is 3. The number of amides is 2. The van der Waals surface area contributed by atoms with Gasteiger partial charge in [-0.3, -0.25) is 9.59 Å². The Morgan fingerprint density at radius 1 is 1.37 bits per heavy atom. The molecule has 0 bridgehead atoms. The van der Waals surface area contributed by atoms with Crippen LogP contribution in [0.15, 0.2) is 12.7 Å². The van der Waals surface area contributed by atoms with Crippen LogP contribution in [0.2, 0.25) is 0 Å². The molecule has 1 atom stereocenters. The Balaban J connectivity index is 4.43. The smallest absolute Gasteiger partial charge is 0.408 e. The molecule has 0 aromatic heterocycles. The second-order valence-electron chi connectivity index (χ2n) is 4.33. The highest BCUT2D eigenvalue weighted by molar-refractivity contribution is 5.87. The average Bonchev–Trinajstić information content (AvgIpc) is 2.31. The van der Waals surface area contributed by atoms with E-state index in [1.807, 2.05) is 13.8 Å². The molecule has 0 radical (unpaired) electrons. The molecule has 0 saturated heterocycles. The van der Waals surface area contributed by atoms with Crippen LogP contribution in [0.3, 0.4) is 0 Å². The molecular formula is C12H20N2O5. The zero-order valence-corrected chi connectivity index (χ0v) is 11.1. The summed E-state index contributed by atoms with van der Waals surface area (Å²) in [4.78, 5) is 33.5. The van der Waals surface area contributed by atoms with Crippen molar-refractivity contribution in [2.75, 3.05) is 13.2 Å². The maximum atomic E-state index is 11.7. The highest BCUT2D eigenvalue weighted by Gasteiger charge is 2.22. The molecule has 0 aliphatic carbocycles. The maximum Gasteiger partial charge on any atom is 0.408 e. The number of hydrogen-bond acceptors (Lipinski definition) is 4. The van der Waals surface area contributed by atoms with Gasteiger partial charge in [0.1, 0.15) is 19.2 Å². The first-order valence-electron chi connectivity index (χ1n) is 5.90. The number of nitrogens with one attached hydrogen (secondary N) is 2. The van der Waals surface area contributed by atoms with Crippen LogP contribution in [0.25, 0.3) is 0 Å². The van der Waals surface area contributed by atoms with Crippen LogP contribution in [0, 0.1) is 5.92 Å². The molecule has 108 valence electrons. The summed E-state index contributed by atoms with van der Waals surface area (Å²) in [6, 6.07) is -0.823. The molecule has 3 N–H and O–H groups in total. The summed E-state index contributed by atoms with van der Waals surface area (Å²) < 4.78 is 4.71. The van der Waals surface area contributed by atoms with Gasteiger partial charge in [0, 0.05) is 0 Å². The van der Waals surface area contributed by atoms with Gasteiger partial charge < -0.3 is 20.5 Å². The van der Waals surface area contributed by atoms with Gasteiger partial charge in [0.25, 0.3) is 0 Å². The lowest BCUT2D eigenvalue weighted by molar-refractivity contribution is -0.138. The average molecular weight is 272 g/mol. The number of carbonyl (C=O) groups excluding carboxylic acids is 2. The number of rotatable bonds is 8. The third-order valence-corrected chi connectivity index (χ3v) is 2.06. The standard InChI is InChI=1S/C12H20N2O5/c1-4-5-19-12(18)14-9(6-8(2)3)11(17)13-7-10(15)16/h4,8-9H,1,5-7H2,2-3H3,(H,13,17)(H,14,18)(H,15,16)/t9-/m0/s1. The van der Waals surface area contributed by atoms with E-state index in [9.17, 15) is 14.4 Å². The van der Waals surface area contributed by atoms with E-state index in [0.29, 0.717) is 6.42 Å². The molecule has 0 fully saturated rings. The van der Waals surface area contributed by atoms with Crippen molar-refractivity contribution in [3.8, 4) is 0 Å². The van der Waals surface area contributed by atoms with Crippen molar-refractivity contribution in [3.63, 3.8) is 0 Å². The van der Waals surface area contributed by atoms with Gasteiger partial charge in [0.15, 0.2) is 0 Å². The van der Waals surface area contributed by atoms with Gasteiger partial charge in [0.2, 0.25) is 5.91 Å². The van der Waals surface area contributed by atoms with E-state index in [1.54, 1.807) is 0 Å². The summed E-state index contributed by atoms with van der Waals surface area (Å²) in [5.41, 5.74) is 0. The summed E-state index contributed by atoms with van der Waals surface area (Å²) in [5.74, 6) is -1.54. The fourth-order valence-electron chi connectivity index (χ4n) is 1.31. The van der Waals surface area contributed by atoms with Gasteiger partial charge in [-0.1, -0.05) is 26.5 Å². The lowest BCUT2D eigenvalue weighted by atomic mass is 10.0. The van der Waals surface area contributed by atoms with Crippen LogP contribution in [0.4, 0.5) is 4.79 Å². The van der Waals surface area contributed by atoms with E-state index in [4.69, 9.17) is 9.84 Å². The fourth-order valence-corrected chi connectivity index (χ4v) is 1.31. The topological polar surface area (TPSA) is 105 Å². The molecule has 0 aliphatic heterocycles. The van der Waals surface area contributed by atoms with Crippen LogP contribution >= 0.6 is 0 Å². The lowest BCUT2D eigenvalue weighted by Crippen LogP contribution is -2.48. The first kappa shape index (κ1) is 16.9. The van der Waals surface area contributed by atoms with Gasteiger partial charge in [-0.25, -0.2) is 4.79 Å². The summed E-state index contributed by atoms with van der Waals surface area (Å²) in [6.07, 6.45) is 1.05. The minimum atomic E-state index is -1.15. The zero-order chi connectivity index (χ0) is 14.8. The van der Waals surface area contributed by atoms with Gasteiger partial charge in [-0.2, -0.15) is 0 Å². The van der Waals surface area contributed by atoms with E-state index in [0.717, 1.165) is 0 Å². The van der Waals surface area contributed by atoms with Crippen molar-refractivity contribution in [2.24, 2.45) is 5.92 Å². The van der Waals surface area contributed by atoms with Crippen molar-refractivity contribution in [3.05, 3.63) is 12.7 Å². The number of aliphatic carboxylic acids is 1. The van der Waals surface area contributed by atoms with Crippen LogP contribution < -0.4 is 10.6 Å². The van der Waals surface area contributed by atoms with Gasteiger partial charge in [-0.05, 0) is 12.3 Å². The Morgan fingerprint density at radius 3 is 2.47 bits per heavy atom. The predicted octanol–water partition coefficient (Wildman–Crippen LogP) is 0.514. The van der Waals surface area contributed by atoms with E-state index >= 15 is 0 Å². The molecule has 0 aromatic carbocycles. The Kier molecular flexibility index (Phi) is 7.99. The quantitative estimate of drug-likeness (QED) is 0.558. The van der Waals surface area contributed by atoms with E-state index in [1.165, 1.54) is 6.08 Å². The minimum absolute atomic E-state index is 0.0387. The number of carboxylic acid groups (broad SMARTS) is 1. The molecule has 0 unspecified atom stereocenters. The van der Waals surface area contributed by atoms with Gasteiger partial charge in [-0.15, -0.1) is 0 Å². The Labute approximate surface area is 112 Å². The number of carboxylic acids is 1. The van der Waals surface area contributed by atoms with Crippen molar-refractivity contribution in [2.45, 2.75) is 26.3 Å². The summed E-state index contributed by atoms with van der Waals surface area (Å²) in [6.45, 7) is 6.71. The maximum absolute atomic E-state index is 11.7. The first-order valence-corrected chi connectivity index (χ1v) is 5.90. The Bertz CT molecular complexity index is 341. The lowest BCUT2D eigenvalue weighted by Gasteiger charge is -2.19. The van der Waals surface area contributed by atoms with Gasteiger partial charge in [0.05, 0.1) is 0 Å². The molecule has 0 spiro atoms. The third-order valence-electron chi connectivity index (χ3n) is 2.06. The van der Waals surface area contributed by atoms with Gasteiger partial charge >= 0.3 is 12.1 Å².